The molecule has 1 aromatic rings. The van der Waals surface area contributed by atoms with Gasteiger partial charge in [-0.05, 0) is 0 Å². The van der Waals surface area contributed by atoms with Gasteiger partial charge >= 0.3 is 217 Å². The Morgan fingerprint density at radius 3 is 1.75 bits per heavy atom. The van der Waals surface area contributed by atoms with E-state index in [-0.39, 0.29) is 55.7 Å². The zero-order valence-electron chi connectivity index (χ0n) is 22.1. The second-order valence-corrected chi connectivity index (χ2v) is 23.3. The molecule has 0 amide bonds. The molecular weight excluding hydrogens is 557 g/mol. The minimum Gasteiger partial charge on any atom is -1.00 e. The molecule has 1 rings (SSSR count). The average Bonchev–Trinajstić information content (AvgIpc) is 3.17. The number of nitrogens with zero attached hydrogens (tertiary/aromatic N) is 2. The Labute approximate surface area is 239 Å². The number of halogens is 2. The summed E-state index contributed by atoms with van der Waals surface area (Å²) in [6.45, 7) is 15.4. The number of unbranched alkanes of at least 4 members (excludes halogenated alkanes) is 3. The first-order chi connectivity index (χ1) is 13.8. The fourth-order valence-corrected chi connectivity index (χ4v) is 18.8. The number of carbonyl (C=O) groups excluding carboxylic acids is 1. The van der Waals surface area contributed by atoms with Crippen LogP contribution < -0.4 is 47.4 Å². The van der Waals surface area contributed by atoms with Crippen LogP contribution >= 0.6 is 0 Å². The van der Waals surface area contributed by atoms with Gasteiger partial charge in [-0.1, -0.05) is 0 Å². The zero-order valence-corrected chi connectivity index (χ0v) is 27.8. The Kier molecular flexibility index (Phi) is 30.6. The molecule has 0 bridgehead atoms. The molecule has 0 aliphatic rings. The molecule has 1 heterocycles. The van der Waals surface area contributed by atoms with Crippen molar-refractivity contribution in [1.29, 1.82) is 0 Å². The first-order valence-corrected chi connectivity index (χ1v) is 20.1. The summed E-state index contributed by atoms with van der Waals surface area (Å²) in [5, 5.41) is 0. The second-order valence-electron chi connectivity index (χ2n) is 8.62. The van der Waals surface area contributed by atoms with Crippen LogP contribution in [0.15, 0.2) is 12.5 Å². The Hall–Kier alpha value is 1.42. The summed E-state index contributed by atoms with van der Waals surface area (Å²) in [5.41, 5.74) is 0. The quantitative estimate of drug-likeness (QED) is 0.180. The number of rotatable bonds is 13. The van der Waals surface area contributed by atoms with Crippen molar-refractivity contribution in [1.82, 2.24) is 9.55 Å². The van der Waals surface area contributed by atoms with E-state index in [0.717, 1.165) is 4.05 Å². The summed E-state index contributed by atoms with van der Waals surface area (Å²) < 4.78 is 13.6. The maximum absolute atomic E-state index is 12.1. The minimum atomic E-state index is -2.49. The van der Waals surface area contributed by atoms with Crippen LogP contribution in [0.4, 0.5) is 0 Å². The third kappa shape index (κ3) is 16.2. The second kappa shape index (κ2) is 24.1. The van der Waals surface area contributed by atoms with E-state index >= 15 is 0 Å². The molecule has 32 heavy (non-hydrogen) atoms. The molecule has 0 spiro atoms. The van der Waals surface area contributed by atoms with E-state index in [1.165, 1.54) is 55.5 Å². The molecule has 0 aliphatic carbocycles. The van der Waals surface area contributed by atoms with Gasteiger partial charge in [0.1, 0.15) is 0 Å². The summed E-state index contributed by atoms with van der Waals surface area (Å²) in [4.78, 5) is 16.9. The van der Waals surface area contributed by atoms with Crippen LogP contribution in [0, 0.1) is 0 Å². The Morgan fingerprint density at radius 2 is 1.41 bits per heavy atom. The van der Waals surface area contributed by atoms with Crippen LogP contribution in [0.25, 0.3) is 0 Å². The summed E-state index contributed by atoms with van der Waals surface area (Å²) >= 11 is -0.491. The Bertz CT molecular complexity index is 541. The van der Waals surface area contributed by atoms with Gasteiger partial charge in [0.15, 0.2) is 0 Å². The normalized spacial score (nSPS) is 11.3. The summed E-state index contributed by atoms with van der Waals surface area (Å²) in [5.74, 6) is -0.164. The molecule has 0 saturated carbocycles. The van der Waals surface area contributed by atoms with Crippen molar-refractivity contribution in [3.63, 3.8) is 0 Å². The number of esters is 1. The van der Waals surface area contributed by atoms with Gasteiger partial charge < -0.3 is 24.8 Å². The SMILES string of the molecule is CCC[CH2][Sn]([CH2]CCC)([CH2]CCC)[c]1cn(C(C)C(=O)OCC)cn1.C[CH](C)[Mg+].[Cl-].[Cl-].[Li+]. The maximum atomic E-state index is 12.1. The summed E-state index contributed by atoms with van der Waals surface area (Å²) in [7, 11) is 0. The van der Waals surface area contributed by atoms with Gasteiger partial charge in [-0.15, -0.1) is 0 Å². The topological polar surface area (TPSA) is 44.1 Å². The molecule has 1 unspecified atom stereocenters. The van der Waals surface area contributed by atoms with Gasteiger partial charge in [0.05, 0.1) is 0 Å². The van der Waals surface area contributed by atoms with Crippen molar-refractivity contribution >= 4 is 49.8 Å². The van der Waals surface area contributed by atoms with E-state index in [0.29, 0.717) is 6.61 Å². The molecule has 1 atom stereocenters. The number of aromatic nitrogens is 2. The summed E-state index contributed by atoms with van der Waals surface area (Å²) in [6, 6.07) is -0.284. The maximum Gasteiger partial charge on any atom is 1.00 e. The van der Waals surface area contributed by atoms with E-state index in [1.807, 2.05) is 46.5 Å². The largest absolute Gasteiger partial charge is 1.00 e. The van der Waals surface area contributed by atoms with Crippen LogP contribution in [-0.2, 0) is 9.53 Å². The van der Waals surface area contributed by atoms with Crippen molar-refractivity contribution < 1.29 is 53.2 Å². The van der Waals surface area contributed by atoms with Gasteiger partial charge in [-0.2, -0.15) is 0 Å². The number of hydrogen-bond acceptors (Lipinski definition) is 3. The van der Waals surface area contributed by atoms with Crippen LogP contribution in [0.3, 0.4) is 0 Å². The fraction of sp³-hybridized carbons (Fsp3) is 0.826. The third-order valence-corrected chi connectivity index (χ3v) is 20.3. The molecule has 0 aliphatic heterocycles. The van der Waals surface area contributed by atoms with Crippen LogP contribution in [0.5, 0.6) is 0 Å². The van der Waals surface area contributed by atoms with Gasteiger partial charge in [0.25, 0.3) is 0 Å². The predicted molar refractivity (Wildman–Crippen MR) is 129 cm³/mol. The molecule has 4 nitrogen and oxygen atoms in total. The van der Waals surface area contributed by atoms with Crippen molar-refractivity contribution in [2.75, 3.05) is 6.61 Å². The molecule has 9 heteroatoms. The summed E-state index contributed by atoms with van der Waals surface area (Å²) in [6.07, 6.45) is 11.8. The van der Waals surface area contributed by atoms with Gasteiger partial charge in [0.2, 0.25) is 0 Å². The average molecular weight is 602 g/mol. The Balaban J connectivity index is -0.000000515. The van der Waals surface area contributed by atoms with Crippen molar-refractivity contribution in [3.8, 4) is 0 Å². The molecule has 0 fully saturated rings. The molecular formula is C23H45Cl2LiMgN2O2Sn. The fourth-order valence-electron chi connectivity index (χ4n) is 3.51. The van der Waals surface area contributed by atoms with Crippen LogP contribution in [0.1, 0.15) is 93.0 Å². The first kappa shape index (κ1) is 40.6. The van der Waals surface area contributed by atoms with Crippen molar-refractivity contribution in [2.45, 2.75) is 110 Å². The first-order valence-electron chi connectivity index (χ1n) is 11.8. The molecule has 0 saturated heterocycles. The molecule has 0 aromatic carbocycles. The monoisotopic (exact) mass is 602 g/mol. The van der Waals surface area contributed by atoms with Gasteiger partial charge in [-0.3, -0.25) is 0 Å². The van der Waals surface area contributed by atoms with E-state index < -0.39 is 18.4 Å². The van der Waals surface area contributed by atoms with Gasteiger partial charge in [-0.25, -0.2) is 0 Å². The molecule has 180 valence electrons. The molecule has 0 N–H and O–H groups in total. The molecule has 0 radical (unpaired) electrons. The molecule has 1 aromatic heterocycles. The van der Waals surface area contributed by atoms with E-state index in [1.54, 1.807) is 0 Å². The number of hydrogen-bond donors (Lipinski definition) is 0. The zero-order chi connectivity index (χ0) is 22.3. The smallest absolute Gasteiger partial charge is 1.00 e. The van der Waals surface area contributed by atoms with Crippen molar-refractivity contribution in [2.24, 2.45) is 0 Å². The van der Waals surface area contributed by atoms with E-state index in [9.17, 15) is 4.79 Å². The van der Waals surface area contributed by atoms with Crippen molar-refractivity contribution in [3.05, 3.63) is 12.5 Å². The van der Waals surface area contributed by atoms with Gasteiger partial charge in [0, 0.05) is 0 Å². The minimum absolute atomic E-state index is 0. The van der Waals surface area contributed by atoms with Crippen LogP contribution in [-0.4, -0.2) is 62.2 Å². The van der Waals surface area contributed by atoms with Crippen LogP contribution in [0.2, 0.25) is 17.4 Å². The predicted octanol–water partition coefficient (Wildman–Crippen LogP) is -2.94. The number of imidazole rings is 1. The number of ether oxygens (including phenoxy) is 1. The van der Waals surface area contributed by atoms with E-state index in [4.69, 9.17) is 9.72 Å². The van der Waals surface area contributed by atoms with E-state index in [2.05, 4.69) is 40.8 Å². The standard InChI is InChI=1S/C8H11N2O2.3C4H9.C3H7.2ClH.Li.Mg.Sn/c1-3-12-8(11)7(2)10-5-4-9-6-10;3*1-3-4-2;1-3-2;;;;;/h5-7H,3H2,1-2H3;3*1,3-4H2,2H3;3H,1-2H3;2*1H;;;/q;;;;;;;2*+1;/p-2. The number of carbonyl (C=O) groups is 1. The third-order valence-electron chi connectivity index (χ3n) is 5.25. The Morgan fingerprint density at radius 1 is 1.00 bits per heavy atom.